The van der Waals surface area contributed by atoms with Gasteiger partial charge in [0, 0.05) is 5.56 Å². The van der Waals surface area contributed by atoms with E-state index in [0.29, 0.717) is 17.0 Å². The Kier molecular flexibility index (Phi) is 3.14. The number of H-pyrrole nitrogens is 1. The molecule has 0 fully saturated rings. The van der Waals surface area contributed by atoms with Crippen molar-refractivity contribution in [1.82, 2.24) is 9.97 Å². The van der Waals surface area contributed by atoms with Gasteiger partial charge in [0.2, 0.25) is 0 Å². The van der Waals surface area contributed by atoms with Crippen molar-refractivity contribution in [2.75, 3.05) is 7.11 Å². The van der Waals surface area contributed by atoms with E-state index in [1.165, 1.54) is 6.33 Å². The maximum atomic E-state index is 11.0. The second-order valence-electron chi connectivity index (χ2n) is 3.28. The monoisotopic (exact) mass is 296 g/mol. The lowest BCUT2D eigenvalue weighted by atomic mass is 10.1. The minimum atomic E-state index is -1.04. The number of hydrogen-bond acceptors (Lipinski definition) is 3. The summed E-state index contributed by atoms with van der Waals surface area (Å²) in [4.78, 5) is 17.6. The highest BCUT2D eigenvalue weighted by molar-refractivity contribution is 9.10. The standard InChI is InChI=1S/C11H9BrN2O3/c1-17-8-3-2-6(4-7(8)12)9-10(11(15)16)14-5-13-9/h2-5H,1H3,(H,13,14)(H,15,16). The molecule has 0 aliphatic heterocycles. The lowest BCUT2D eigenvalue weighted by Gasteiger charge is -2.05. The van der Waals surface area contributed by atoms with E-state index >= 15 is 0 Å². The first-order valence-corrected chi connectivity index (χ1v) is 5.53. The van der Waals surface area contributed by atoms with Gasteiger partial charge in [0.25, 0.3) is 0 Å². The van der Waals surface area contributed by atoms with E-state index in [2.05, 4.69) is 25.9 Å². The summed E-state index contributed by atoms with van der Waals surface area (Å²) in [6.07, 6.45) is 1.36. The largest absolute Gasteiger partial charge is 0.496 e. The molecule has 2 N–H and O–H groups in total. The van der Waals surface area contributed by atoms with Crippen LogP contribution >= 0.6 is 15.9 Å². The second-order valence-corrected chi connectivity index (χ2v) is 4.13. The number of hydrogen-bond donors (Lipinski definition) is 2. The average Bonchev–Trinajstić information content (AvgIpc) is 2.77. The van der Waals surface area contributed by atoms with Crippen LogP contribution in [0.2, 0.25) is 0 Å². The van der Waals surface area contributed by atoms with E-state index in [1.807, 2.05) is 0 Å². The Balaban J connectivity index is 2.50. The molecule has 2 aromatic rings. The van der Waals surface area contributed by atoms with E-state index in [0.717, 1.165) is 4.47 Å². The van der Waals surface area contributed by atoms with Crippen molar-refractivity contribution in [2.24, 2.45) is 0 Å². The Morgan fingerprint density at radius 3 is 2.88 bits per heavy atom. The topological polar surface area (TPSA) is 75.2 Å². The van der Waals surface area contributed by atoms with Crippen LogP contribution in [0.5, 0.6) is 5.75 Å². The van der Waals surface area contributed by atoms with Gasteiger partial charge in [-0.2, -0.15) is 0 Å². The third kappa shape index (κ3) is 2.16. The first-order valence-electron chi connectivity index (χ1n) is 4.74. The SMILES string of the molecule is COc1ccc(-c2nc[nH]c2C(=O)O)cc1Br. The maximum absolute atomic E-state index is 11.0. The van der Waals surface area contributed by atoms with Crippen molar-refractivity contribution in [1.29, 1.82) is 0 Å². The van der Waals surface area contributed by atoms with E-state index in [-0.39, 0.29) is 5.69 Å². The normalized spacial score (nSPS) is 10.2. The number of nitrogens with zero attached hydrogens (tertiary/aromatic N) is 1. The van der Waals surface area contributed by atoms with Gasteiger partial charge in [0.1, 0.15) is 11.4 Å². The molecule has 0 amide bonds. The predicted molar refractivity (Wildman–Crippen MR) is 65.2 cm³/mol. The van der Waals surface area contributed by atoms with Crippen LogP contribution in [0.3, 0.4) is 0 Å². The molecule has 0 unspecified atom stereocenters. The molecule has 0 radical (unpaired) electrons. The van der Waals surface area contributed by atoms with Crippen LogP contribution in [0.25, 0.3) is 11.3 Å². The quantitative estimate of drug-likeness (QED) is 0.913. The summed E-state index contributed by atoms with van der Waals surface area (Å²) in [6.45, 7) is 0. The summed E-state index contributed by atoms with van der Waals surface area (Å²) >= 11 is 3.34. The van der Waals surface area contributed by atoms with Gasteiger partial charge in [-0.25, -0.2) is 9.78 Å². The van der Waals surface area contributed by atoms with Gasteiger partial charge in [0.05, 0.1) is 17.9 Å². The molecule has 88 valence electrons. The molecule has 0 saturated carbocycles. The molecule has 17 heavy (non-hydrogen) atoms. The first-order chi connectivity index (χ1) is 8.13. The fourth-order valence-corrected chi connectivity index (χ4v) is 2.03. The van der Waals surface area contributed by atoms with Crippen LogP contribution in [0, 0.1) is 0 Å². The van der Waals surface area contributed by atoms with E-state index in [4.69, 9.17) is 9.84 Å². The molecule has 0 atom stereocenters. The van der Waals surface area contributed by atoms with E-state index in [1.54, 1.807) is 25.3 Å². The molecular weight excluding hydrogens is 288 g/mol. The molecule has 1 aromatic carbocycles. The molecular formula is C11H9BrN2O3. The zero-order valence-corrected chi connectivity index (χ0v) is 10.5. The molecule has 0 spiro atoms. The summed E-state index contributed by atoms with van der Waals surface area (Å²) in [5, 5.41) is 8.98. The zero-order chi connectivity index (χ0) is 12.4. The van der Waals surface area contributed by atoms with Crippen molar-refractivity contribution < 1.29 is 14.6 Å². The second kappa shape index (κ2) is 4.58. The molecule has 0 aliphatic carbocycles. The number of rotatable bonds is 3. The highest BCUT2D eigenvalue weighted by Gasteiger charge is 2.15. The van der Waals surface area contributed by atoms with Gasteiger partial charge >= 0.3 is 5.97 Å². The fraction of sp³-hybridized carbons (Fsp3) is 0.0909. The lowest BCUT2D eigenvalue weighted by molar-refractivity contribution is 0.0692. The average molecular weight is 297 g/mol. The third-order valence-electron chi connectivity index (χ3n) is 2.28. The lowest BCUT2D eigenvalue weighted by Crippen LogP contribution is -1.99. The van der Waals surface area contributed by atoms with Gasteiger partial charge in [0.15, 0.2) is 5.69 Å². The van der Waals surface area contributed by atoms with E-state index in [9.17, 15) is 4.79 Å². The number of carboxylic acids is 1. The number of benzene rings is 1. The van der Waals surface area contributed by atoms with Crippen molar-refractivity contribution in [3.63, 3.8) is 0 Å². The van der Waals surface area contributed by atoms with Crippen molar-refractivity contribution in [2.45, 2.75) is 0 Å². The van der Waals surface area contributed by atoms with Gasteiger partial charge in [-0.05, 0) is 34.1 Å². The van der Waals surface area contributed by atoms with Gasteiger partial charge < -0.3 is 14.8 Å². The van der Waals surface area contributed by atoms with Crippen LogP contribution in [-0.2, 0) is 0 Å². The molecule has 0 bridgehead atoms. The Labute approximate surface area is 106 Å². The number of aromatic nitrogens is 2. The van der Waals surface area contributed by atoms with Crippen LogP contribution < -0.4 is 4.74 Å². The van der Waals surface area contributed by atoms with Crippen molar-refractivity contribution >= 4 is 21.9 Å². The zero-order valence-electron chi connectivity index (χ0n) is 8.90. The Morgan fingerprint density at radius 1 is 1.53 bits per heavy atom. The number of ether oxygens (including phenoxy) is 1. The number of aromatic carboxylic acids is 1. The Morgan fingerprint density at radius 2 is 2.29 bits per heavy atom. The smallest absolute Gasteiger partial charge is 0.354 e. The summed E-state index contributed by atoms with van der Waals surface area (Å²) in [6, 6.07) is 5.27. The summed E-state index contributed by atoms with van der Waals surface area (Å²) in [5.74, 6) is -0.356. The Bertz CT molecular complexity index is 566. The number of carboxylic acid groups (broad SMARTS) is 1. The summed E-state index contributed by atoms with van der Waals surface area (Å²) in [5.41, 5.74) is 1.18. The highest BCUT2D eigenvalue weighted by atomic mass is 79.9. The number of imidazole rings is 1. The fourth-order valence-electron chi connectivity index (χ4n) is 1.49. The van der Waals surface area contributed by atoms with Gasteiger partial charge in [-0.1, -0.05) is 0 Å². The van der Waals surface area contributed by atoms with Crippen LogP contribution in [0.4, 0.5) is 0 Å². The number of methoxy groups -OCH3 is 1. The number of nitrogens with one attached hydrogen (secondary N) is 1. The maximum Gasteiger partial charge on any atom is 0.354 e. The minimum Gasteiger partial charge on any atom is -0.496 e. The molecule has 0 aliphatic rings. The molecule has 0 saturated heterocycles. The minimum absolute atomic E-state index is 0.0714. The van der Waals surface area contributed by atoms with E-state index < -0.39 is 5.97 Å². The van der Waals surface area contributed by atoms with Crippen molar-refractivity contribution in [3.05, 3.63) is 34.7 Å². The molecule has 6 heteroatoms. The molecule has 5 nitrogen and oxygen atoms in total. The molecule has 1 aromatic heterocycles. The Hall–Kier alpha value is -1.82. The first kappa shape index (κ1) is 11.7. The molecule has 1 heterocycles. The number of halogens is 1. The van der Waals surface area contributed by atoms with Crippen molar-refractivity contribution in [3.8, 4) is 17.0 Å². The highest BCUT2D eigenvalue weighted by Crippen LogP contribution is 2.30. The van der Waals surface area contributed by atoms with Crippen LogP contribution in [0.15, 0.2) is 29.0 Å². The summed E-state index contributed by atoms with van der Waals surface area (Å²) < 4.78 is 5.85. The van der Waals surface area contributed by atoms with Gasteiger partial charge in [-0.15, -0.1) is 0 Å². The third-order valence-corrected chi connectivity index (χ3v) is 2.90. The number of carbonyl (C=O) groups is 1. The van der Waals surface area contributed by atoms with Crippen LogP contribution in [0.1, 0.15) is 10.5 Å². The predicted octanol–water partition coefficient (Wildman–Crippen LogP) is 2.55. The van der Waals surface area contributed by atoms with Crippen LogP contribution in [-0.4, -0.2) is 28.2 Å². The van der Waals surface area contributed by atoms with Gasteiger partial charge in [-0.3, -0.25) is 0 Å². The number of aromatic amines is 1. The summed E-state index contributed by atoms with van der Waals surface area (Å²) in [7, 11) is 1.57. The molecule has 2 rings (SSSR count).